The molecule has 0 aromatic heterocycles. The number of anilines is 1. The average molecular weight is 292 g/mol. The summed E-state index contributed by atoms with van der Waals surface area (Å²) in [5.41, 5.74) is 1.34. The zero-order chi connectivity index (χ0) is 15.5. The maximum atomic E-state index is 11.8. The van der Waals surface area contributed by atoms with E-state index in [1.165, 1.54) is 5.56 Å². The molecule has 1 saturated heterocycles. The fraction of sp³-hybridized carbons (Fsp3) is 0.562. The predicted octanol–water partition coefficient (Wildman–Crippen LogP) is 3.12. The highest BCUT2D eigenvalue weighted by atomic mass is 16.6. The number of nitrogens with one attached hydrogen (secondary N) is 2. The number of carbonyl (C=O) groups is 1. The van der Waals surface area contributed by atoms with E-state index in [0.717, 1.165) is 25.3 Å². The highest BCUT2D eigenvalue weighted by molar-refractivity contribution is 5.85. The van der Waals surface area contributed by atoms with Crippen LogP contribution in [-0.2, 0) is 4.74 Å². The third-order valence-corrected chi connectivity index (χ3v) is 3.38. The van der Waals surface area contributed by atoms with Gasteiger partial charge in [0, 0.05) is 24.2 Å². The quantitative estimate of drug-likeness (QED) is 0.898. The van der Waals surface area contributed by atoms with Crippen LogP contribution in [0.1, 0.15) is 38.7 Å². The molecular weight excluding hydrogens is 268 g/mol. The molecule has 1 heterocycles. The Morgan fingerprint density at radius 3 is 2.71 bits per heavy atom. The smallest absolute Gasteiger partial charge is 0.412 e. The minimum absolute atomic E-state index is 0.458. The first kappa shape index (κ1) is 15.6. The monoisotopic (exact) mass is 292 g/mol. The minimum Gasteiger partial charge on any atom is -0.496 e. The summed E-state index contributed by atoms with van der Waals surface area (Å²) in [5.74, 6) is 1.27. The Kier molecular flexibility index (Phi) is 4.73. The molecule has 5 nitrogen and oxygen atoms in total. The molecule has 0 bridgehead atoms. The van der Waals surface area contributed by atoms with Gasteiger partial charge in [-0.3, -0.25) is 5.32 Å². The number of hydrogen-bond acceptors (Lipinski definition) is 4. The number of carbonyl (C=O) groups excluding carboxylic acids is 1. The number of amides is 1. The molecule has 1 aromatic carbocycles. The van der Waals surface area contributed by atoms with E-state index in [1.807, 2.05) is 39.0 Å². The van der Waals surface area contributed by atoms with E-state index in [1.54, 1.807) is 7.11 Å². The van der Waals surface area contributed by atoms with Crippen molar-refractivity contribution < 1.29 is 14.3 Å². The molecule has 1 atom stereocenters. The normalized spacial score (nSPS) is 18.4. The summed E-state index contributed by atoms with van der Waals surface area (Å²) in [6.45, 7) is 7.51. The first-order valence-electron chi connectivity index (χ1n) is 7.28. The summed E-state index contributed by atoms with van der Waals surface area (Å²) in [6.07, 6.45) is 0.648. The Morgan fingerprint density at radius 1 is 1.38 bits per heavy atom. The molecule has 116 valence electrons. The molecule has 2 rings (SSSR count). The van der Waals surface area contributed by atoms with Gasteiger partial charge in [0.05, 0.1) is 7.11 Å². The van der Waals surface area contributed by atoms with E-state index >= 15 is 0 Å². The van der Waals surface area contributed by atoms with Crippen molar-refractivity contribution in [1.82, 2.24) is 5.32 Å². The summed E-state index contributed by atoms with van der Waals surface area (Å²) in [4.78, 5) is 11.8. The molecule has 0 saturated carbocycles. The van der Waals surface area contributed by atoms with Crippen molar-refractivity contribution in [3.05, 3.63) is 23.8 Å². The molecule has 5 heteroatoms. The summed E-state index contributed by atoms with van der Waals surface area (Å²) in [5, 5.41) is 6.08. The molecular formula is C16H24N2O3. The number of methoxy groups -OCH3 is 1. The van der Waals surface area contributed by atoms with Crippen molar-refractivity contribution in [1.29, 1.82) is 0 Å². The largest absolute Gasteiger partial charge is 0.496 e. The maximum absolute atomic E-state index is 11.8. The van der Waals surface area contributed by atoms with Crippen molar-refractivity contribution >= 4 is 11.8 Å². The van der Waals surface area contributed by atoms with Gasteiger partial charge in [0.2, 0.25) is 0 Å². The second-order valence-corrected chi connectivity index (χ2v) is 6.27. The van der Waals surface area contributed by atoms with Crippen LogP contribution in [0.25, 0.3) is 0 Å². The first-order valence-corrected chi connectivity index (χ1v) is 7.28. The molecule has 1 amide bonds. The predicted molar refractivity (Wildman–Crippen MR) is 83.1 cm³/mol. The van der Waals surface area contributed by atoms with Gasteiger partial charge in [0.25, 0.3) is 0 Å². The lowest BCUT2D eigenvalue weighted by atomic mass is 9.97. The zero-order valence-electron chi connectivity index (χ0n) is 13.2. The minimum atomic E-state index is -0.510. The Labute approximate surface area is 126 Å². The fourth-order valence-electron chi connectivity index (χ4n) is 2.47. The van der Waals surface area contributed by atoms with Gasteiger partial charge in [0.1, 0.15) is 11.4 Å². The summed E-state index contributed by atoms with van der Waals surface area (Å²) < 4.78 is 10.7. The Bertz CT molecular complexity index is 503. The second-order valence-electron chi connectivity index (χ2n) is 6.27. The van der Waals surface area contributed by atoms with Gasteiger partial charge in [-0.1, -0.05) is 6.07 Å². The third-order valence-electron chi connectivity index (χ3n) is 3.38. The SMILES string of the molecule is COc1cc(NC(=O)OC(C)(C)C)ccc1C1CCNC1. The van der Waals surface area contributed by atoms with Gasteiger partial charge in [-0.25, -0.2) is 4.79 Å². The molecule has 21 heavy (non-hydrogen) atoms. The highest BCUT2D eigenvalue weighted by Crippen LogP contribution is 2.32. The molecule has 2 N–H and O–H groups in total. The van der Waals surface area contributed by atoms with Crippen LogP contribution in [0, 0.1) is 0 Å². The number of benzene rings is 1. The van der Waals surface area contributed by atoms with E-state index in [-0.39, 0.29) is 0 Å². The number of hydrogen-bond donors (Lipinski definition) is 2. The van der Waals surface area contributed by atoms with Crippen LogP contribution in [0.4, 0.5) is 10.5 Å². The average Bonchev–Trinajstić information content (AvgIpc) is 2.89. The van der Waals surface area contributed by atoms with E-state index in [2.05, 4.69) is 10.6 Å². The Morgan fingerprint density at radius 2 is 2.14 bits per heavy atom. The van der Waals surface area contributed by atoms with Crippen molar-refractivity contribution in [2.24, 2.45) is 0 Å². The first-order chi connectivity index (χ1) is 9.89. The van der Waals surface area contributed by atoms with Crippen molar-refractivity contribution in [3.8, 4) is 5.75 Å². The third kappa shape index (κ3) is 4.36. The van der Waals surface area contributed by atoms with E-state index in [4.69, 9.17) is 9.47 Å². The lowest BCUT2D eigenvalue weighted by Gasteiger charge is -2.20. The van der Waals surface area contributed by atoms with Crippen molar-refractivity contribution in [3.63, 3.8) is 0 Å². The molecule has 0 radical (unpaired) electrons. The van der Waals surface area contributed by atoms with Gasteiger partial charge in [-0.05, 0) is 45.4 Å². The standard InChI is InChI=1S/C16H24N2O3/c1-16(2,3)21-15(19)18-12-5-6-13(14(9-12)20-4)11-7-8-17-10-11/h5-6,9,11,17H,7-8,10H2,1-4H3,(H,18,19). The van der Waals surface area contributed by atoms with Crippen LogP contribution >= 0.6 is 0 Å². The number of ether oxygens (including phenoxy) is 2. The van der Waals surface area contributed by atoms with Crippen LogP contribution in [0.2, 0.25) is 0 Å². The zero-order valence-corrected chi connectivity index (χ0v) is 13.2. The van der Waals surface area contributed by atoms with Gasteiger partial charge < -0.3 is 14.8 Å². The summed E-state index contributed by atoms with van der Waals surface area (Å²) in [6, 6.07) is 5.75. The molecule has 0 spiro atoms. The lowest BCUT2D eigenvalue weighted by Crippen LogP contribution is -2.27. The molecule has 1 fully saturated rings. The van der Waals surface area contributed by atoms with Crippen LogP contribution in [0.15, 0.2) is 18.2 Å². The van der Waals surface area contributed by atoms with E-state index < -0.39 is 11.7 Å². The molecule has 1 unspecified atom stereocenters. The van der Waals surface area contributed by atoms with Crippen LogP contribution in [0.5, 0.6) is 5.75 Å². The highest BCUT2D eigenvalue weighted by Gasteiger charge is 2.21. The van der Waals surface area contributed by atoms with E-state index in [0.29, 0.717) is 11.6 Å². The topological polar surface area (TPSA) is 59.6 Å². The maximum Gasteiger partial charge on any atom is 0.412 e. The van der Waals surface area contributed by atoms with Crippen molar-refractivity contribution in [2.75, 3.05) is 25.5 Å². The molecule has 0 aliphatic carbocycles. The second kappa shape index (κ2) is 6.35. The van der Waals surface area contributed by atoms with Gasteiger partial charge >= 0.3 is 6.09 Å². The number of rotatable bonds is 3. The van der Waals surface area contributed by atoms with Crippen molar-refractivity contribution in [2.45, 2.75) is 38.7 Å². The summed E-state index contributed by atoms with van der Waals surface area (Å²) in [7, 11) is 1.65. The fourth-order valence-corrected chi connectivity index (χ4v) is 2.47. The molecule has 1 aromatic rings. The Balaban J connectivity index is 2.09. The van der Waals surface area contributed by atoms with Crippen LogP contribution < -0.4 is 15.4 Å². The van der Waals surface area contributed by atoms with Gasteiger partial charge in [0.15, 0.2) is 0 Å². The molecule has 1 aliphatic heterocycles. The van der Waals surface area contributed by atoms with Gasteiger partial charge in [-0.2, -0.15) is 0 Å². The van der Waals surface area contributed by atoms with E-state index in [9.17, 15) is 4.79 Å². The summed E-state index contributed by atoms with van der Waals surface area (Å²) >= 11 is 0. The van der Waals surface area contributed by atoms with Crippen LogP contribution in [-0.4, -0.2) is 31.9 Å². The van der Waals surface area contributed by atoms with Gasteiger partial charge in [-0.15, -0.1) is 0 Å². The Hall–Kier alpha value is -1.75. The van der Waals surface area contributed by atoms with Crippen LogP contribution in [0.3, 0.4) is 0 Å². The molecule has 1 aliphatic rings. The lowest BCUT2D eigenvalue weighted by molar-refractivity contribution is 0.0636.